The maximum Gasteiger partial charge on any atom is 0.460 e. The van der Waals surface area contributed by atoms with E-state index in [-0.39, 0.29) is 0 Å². The summed E-state index contributed by atoms with van der Waals surface area (Å²) in [5, 5.41) is 2.13. The molecule has 0 radical (unpaired) electrons. The van der Waals surface area contributed by atoms with Gasteiger partial charge in [0, 0.05) is 0 Å². The fourth-order valence-electron chi connectivity index (χ4n) is 3.32. The van der Waals surface area contributed by atoms with Gasteiger partial charge in [-0.1, -0.05) is 0 Å². The van der Waals surface area contributed by atoms with E-state index in [0.29, 0.717) is 0 Å². The first-order chi connectivity index (χ1) is 23.7. The summed E-state index contributed by atoms with van der Waals surface area (Å²) in [6, 6.07) is -3.66. The van der Waals surface area contributed by atoms with Crippen molar-refractivity contribution in [3.8, 4) is 0 Å². The van der Waals surface area contributed by atoms with Crippen LogP contribution < -0.4 is 0 Å². The summed E-state index contributed by atoms with van der Waals surface area (Å²) < 4.78 is 455. The minimum Gasteiger partial charge on any atom is -0.192 e. The number of hydrogen-bond acceptors (Lipinski definition) is 2. The van der Waals surface area contributed by atoms with Crippen LogP contribution in [-0.4, -0.2) is 93.6 Å². The molecule has 36 heteroatoms. The molecule has 0 N–H and O–H groups in total. The number of halogens is 34. The molecule has 0 fully saturated rings. The van der Waals surface area contributed by atoms with Gasteiger partial charge in [-0.3, -0.25) is 0 Å². The first-order valence-electron chi connectivity index (χ1n) is 12.0. The fraction of sp³-hybridized carbons (Fsp3) is 0.800. The van der Waals surface area contributed by atoms with Crippen LogP contribution in [0.5, 0.6) is 0 Å². The Morgan fingerprint density at radius 1 is 0.214 bits per heavy atom. The van der Waals surface area contributed by atoms with Gasteiger partial charge in [0.2, 0.25) is 0 Å². The third-order valence-electron chi connectivity index (χ3n) is 6.75. The van der Waals surface area contributed by atoms with Crippen molar-refractivity contribution in [3.05, 3.63) is 23.5 Å². The molecule has 2 nitrogen and oxygen atoms in total. The van der Waals surface area contributed by atoms with Crippen LogP contribution in [-0.2, 0) is 11.8 Å². The Hall–Kier alpha value is -3.30. The van der Waals surface area contributed by atoms with Gasteiger partial charge in [0.25, 0.3) is 0 Å². The third kappa shape index (κ3) is 5.98. The molecule has 1 rings (SSSR count). The van der Waals surface area contributed by atoms with E-state index in [2.05, 4.69) is 0 Å². The monoisotopic (exact) mass is 916 g/mol. The largest absolute Gasteiger partial charge is 0.460 e. The first-order valence-corrected chi connectivity index (χ1v) is 12.0. The Kier molecular flexibility index (Phi) is 11.4. The van der Waals surface area contributed by atoms with E-state index in [9.17, 15) is 149 Å². The molecule has 0 bridgehead atoms. The second kappa shape index (κ2) is 12.6. The van der Waals surface area contributed by atoms with E-state index < -0.39 is 119 Å². The van der Waals surface area contributed by atoms with Crippen molar-refractivity contribution in [1.82, 2.24) is 10.2 Å². The minimum absolute atomic E-state index is 1.07. The number of aromatic nitrogens is 2. The summed E-state index contributed by atoms with van der Waals surface area (Å²) in [6.07, 6.45) is -16.3. The fourth-order valence-corrected chi connectivity index (χ4v) is 3.32. The molecule has 1 aromatic rings. The molecule has 0 spiro atoms. The Bertz CT molecular complexity index is 1460. The zero-order valence-electron chi connectivity index (χ0n) is 23.9. The Morgan fingerprint density at radius 2 is 0.357 bits per heavy atom. The standard InChI is InChI=1S/C20H2F34N2/c21-5(22,7(25,26)9(29,30)11(33,34)13(37,38)15(41,42)17(45,46)19(49,50)51)3-1-2-4(56-55-3)6(23,24)8(27,28)10(31,32)12(35,36)14(39,40)16(43,44)18(47,48)20(52,53)54/h1-2H. The molecular formula is C20H2F34N2. The van der Waals surface area contributed by atoms with Gasteiger partial charge < -0.3 is 0 Å². The summed E-state index contributed by atoms with van der Waals surface area (Å²) in [5.74, 6) is -124. The molecule has 0 aliphatic heterocycles. The van der Waals surface area contributed by atoms with Crippen molar-refractivity contribution in [2.24, 2.45) is 0 Å². The van der Waals surface area contributed by atoms with E-state index in [1.54, 1.807) is 0 Å². The molecule has 1 heterocycles. The maximum atomic E-state index is 14.2. The molecule has 0 aliphatic carbocycles. The van der Waals surface area contributed by atoms with Gasteiger partial charge in [-0.25, -0.2) is 0 Å². The molecule has 0 saturated heterocycles. The van der Waals surface area contributed by atoms with E-state index in [1.165, 1.54) is 0 Å². The molecule has 0 aromatic carbocycles. The lowest BCUT2D eigenvalue weighted by Gasteiger charge is -2.42. The lowest BCUT2D eigenvalue weighted by Crippen LogP contribution is -2.74. The van der Waals surface area contributed by atoms with Crippen LogP contribution in [0.1, 0.15) is 11.4 Å². The topological polar surface area (TPSA) is 25.8 Å². The third-order valence-corrected chi connectivity index (χ3v) is 6.75. The molecule has 56 heavy (non-hydrogen) atoms. The van der Waals surface area contributed by atoms with Gasteiger partial charge in [0.05, 0.1) is 0 Å². The predicted octanol–water partition coefficient (Wildman–Crippen LogP) is 11.4. The number of hydrogen-bond donors (Lipinski definition) is 0. The summed E-state index contributed by atoms with van der Waals surface area (Å²) in [4.78, 5) is 0. The van der Waals surface area contributed by atoms with Gasteiger partial charge >= 0.3 is 95.3 Å². The number of nitrogens with zero attached hydrogens (tertiary/aromatic N) is 2. The molecule has 0 unspecified atom stereocenters. The van der Waals surface area contributed by atoms with Crippen LogP contribution in [0.15, 0.2) is 12.1 Å². The van der Waals surface area contributed by atoms with Crippen molar-refractivity contribution in [2.45, 2.75) is 95.3 Å². The molecule has 330 valence electrons. The molecule has 0 amide bonds. The predicted molar refractivity (Wildman–Crippen MR) is 101 cm³/mol. The highest BCUT2D eigenvalue weighted by Gasteiger charge is 2.97. The molecule has 0 atom stereocenters. The van der Waals surface area contributed by atoms with Crippen molar-refractivity contribution < 1.29 is 149 Å². The van der Waals surface area contributed by atoms with E-state index in [1.807, 2.05) is 0 Å². The summed E-state index contributed by atoms with van der Waals surface area (Å²) in [7, 11) is 0. The lowest BCUT2D eigenvalue weighted by atomic mass is 9.87. The van der Waals surface area contributed by atoms with E-state index in [0.717, 1.165) is 10.2 Å². The quantitative estimate of drug-likeness (QED) is 0.174. The highest BCUT2D eigenvalue weighted by Crippen LogP contribution is 2.67. The van der Waals surface area contributed by atoms with Crippen LogP contribution in [0.2, 0.25) is 0 Å². The zero-order chi connectivity index (χ0) is 46.0. The van der Waals surface area contributed by atoms with Gasteiger partial charge in [-0.15, -0.1) is 10.2 Å². The minimum atomic E-state index is -9.27. The van der Waals surface area contributed by atoms with Gasteiger partial charge in [-0.2, -0.15) is 149 Å². The average molecular weight is 916 g/mol. The van der Waals surface area contributed by atoms with E-state index in [4.69, 9.17) is 0 Å². The summed E-state index contributed by atoms with van der Waals surface area (Å²) in [6.45, 7) is 0. The maximum absolute atomic E-state index is 14.2. The van der Waals surface area contributed by atoms with Crippen molar-refractivity contribution >= 4 is 0 Å². The van der Waals surface area contributed by atoms with Crippen molar-refractivity contribution in [2.75, 3.05) is 0 Å². The Labute approximate surface area is 279 Å². The number of alkyl halides is 34. The molecule has 0 saturated carbocycles. The first kappa shape index (κ1) is 50.7. The smallest absolute Gasteiger partial charge is 0.192 e. The highest BCUT2D eigenvalue weighted by atomic mass is 19.4. The number of rotatable bonds is 14. The second-order valence-electron chi connectivity index (χ2n) is 10.3. The Balaban J connectivity index is 3.87. The van der Waals surface area contributed by atoms with E-state index >= 15 is 0 Å². The Morgan fingerprint density at radius 3 is 0.500 bits per heavy atom. The summed E-state index contributed by atoms with van der Waals surface area (Å²) >= 11 is 0. The van der Waals surface area contributed by atoms with Crippen LogP contribution in [0.25, 0.3) is 0 Å². The van der Waals surface area contributed by atoms with Gasteiger partial charge in [0.15, 0.2) is 0 Å². The molecular weight excluding hydrogens is 914 g/mol. The summed E-state index contributed by atoms with van der Waals surface area (Å²) in [5.41, 5.74) is -7.82. The average Bonchev–Trinajstić information content (AvgIpc) is 2.98. The normalized spacial score (nSPS) is 16.8. The van der Waals surface area contributed by atoms with Gasteiger partial charge in [0.1, 0.15) is 11.4 Å². The van der Waals surface area contributed by atoms with Gasteiger partial charge in [-0.05, 0) is 12.1 Å². The van der Waals surface area contributed by atoms with Crippen LogP contribution in [0.4, 0.5) is 149 Å². The highest BCUT2D eigenvalue weighted by molar-refractivity contribution is 5.25. The molecule has 0 aliphatic rings. The van der Waals surface area contributed by atoms with Crippen LogP contribution in [0.3, 0.4) is 0 Å². The second-order valence-corrected chi connectivity index (χ2v) is 10.3. The van der Waals surface area contributed by atoms with Crippen LogP contribution >= 0.6 is 0 Å². The zero-order valence-corrected chi connectivity index (χ0v) is 23.9. The molecule has 1 aromatic heterocycles. The van der Waals surface area contributed by atoms with Crippen LogP contribution in [0, 0.1) is 0 Å². The SMILES string of the molecule is FC(F)(F)C(F)(F)C(F)(F)C(F)(F)C(F)(F)C(F)(F)C(F)(F)C(F)(F)c1ccc(C(F)(F)C(F)(F)C(F)(F)C(F)(F)C(F)(F)C(F)(F)C(F)(F)C(F)(F)F)nn1. The van der Waals surface area contributed by atoms with Crippen molar-refractivity contribution in [1.29, 1.82) is 0 Å². The van der Waals surface area contributed by atoms with Crippen molar-refractivity contribution in [3.63, 3.8) is 0 Å². The lowest BCUT2D eigenvalue weighted by molar-refractivity contribution is -0.463.